The molecule has 0 amide bonds. The van der Waals surface area contributed by atoms with E-state index >= 15 is 0 Å². The molecule has 2 nitrogen and oxygen atoms in total. The molecule has 6 heavy (non-hydrogen) atoms. The van der Waals surface area contributed by atoms with Crippen molar-refractivity contribution in [3.63, 3.8) is 0 Å². The summed E-state index contributed by atoms with van der Waals surface area (Å²) in [6.07, 6.45) is 0. The number of hydrogen-bond donors (Lipinski definition) is 0. The molecule has 0 aromatic heterocycles. The Kier molecular flexibility index (Phi) is 4.84. The monoisotopic (exact) mass is 162 g/mol. The number of hydrogen-bond acceptors (Lipinski definition) is 2. The summed E-state index contributed by atoms with van der Waals surface area (Å²) in [7, 11) is 1.58. The Morgan fingerprint density at radius 2 is 2.50 bits per heavy atom. The van der Waals surface area contributed by atoms with Crippen molar-refractivity contribution in [1.29, 1.82) is 0 Å². The summed E-state index contributed by atoms with van der Waals surface area (Å²) in [6.45, 7) is 0. The first kappa shape index (κ1) is 6.99. The second-order valence-electron chi connectivity index (χ2n) is 0.658. The summed E-state index contributed by atoms with van der Waals surface area (Å²) < 4.78 is 4.32. The SMILES string of the molecule is COC(=O)[Se][Na]. The predicted molar refractivity (Wildman–Crippen MR) is 23.9 cm³/mol. The minimum absolute atomic E-state index is 0.0332. The molecule has 0 unspecified atom stereocenters. The van der Waals surface area contributed by atoms with Crippen molar-refractivity contribution in [2.24, 2.45) is 0 Å². The van der Waals surface area contributed by atoms with Crippen molar-refractivity contribution in [3.8, 4) is 0 Å². The molecule has 4 heteroatoms. The van der Waals surface area contributed by atoms with Gasteiger partial charge in [-0.05, 0) is 0 Å². The molecule has 0 bridgehead atoms. The Bertz CT molecular complexity index is 49.5. The number of rotatable bonds is 1. The average Bonchev–Trinajstić information content (AvgIpc) is 1.65. The molecule has 0 rings (SSSR count). The van der Waals surface area contributed by atoms with Gasteiger partial charge >= 0.3 is 57.4 Å². The van der Waals surface area contributed by atoms with Crippen LogP contribution in [0.2, 0.25) is 0 Å². The first-order valence-electron chi connectivity index (χ1n) is 1.43. The van der Waals surface area contributed by atoms with E-state index < -0.39 is 0 Å². The van der Waals surface area contributed by atoms with Crippen molar-refractivity contribution in [2.75, 3.05) is 7.11 Å². The van der Waals surface area contributed by atoms with E-state index in [0.29, 0.717) is 0 Å². The van der Waals surface area contributed by atoms with E-state index in [2.05, 4.69) is 4.74 Å². The minimum atomic E-state index is -0.0332. The third-order valence-corrected chi connectivity index (χ3v) is 3.11. The van der Waals surface area contributed by atoms with Gasteiger partial charge in [0.05, 0.1) is 0 Å². The van der Waals surface area contributed by atoms with E-state index in [0.717, 1.165) is 25.4 Å². The molecule has 0 radical (unpaired) electrons. The van der Waals surface area contributed by atoms with Gasteiger partial charge in [0.15, 0.2) is 0 Å². The normalized spacial score (nSPS) is 7.83. The molecular formula is C2H3NaO2Se. The fraction of sp³-hybridized carbons (Fsp3) is 0.500. The van der Waals surface area contributed by atoms with Crippen molar-refractivity contribution in [2.45, 2.75) is 0 Å². The van der Waals surface area contributed by atoms with Crippen LogP contribution in [0.5, 0.6) is 0 Å². The van der Waals surface area contributed by atoms with E-state index in [1.54, 1.807) is 0 Å². The standard InChI is InChI=1S/C2H4O2Se.Na/c1-4-2(3)5;/h1H3,(H,3,5);/q;+1/p-1. The molecule has 0 atom stereocenters. The molecule has 0 aliphatic heterocycles. The summed E-state index contributed by atoms with van der Waals surface area (Å²) in [5, 5.41) is 0. The molecule has 0 aromatic carbocycles. The quantitative estimate of drug-likeness (QED) is 0.486. The Hall–Kier alpha value is 0.989. The Morgan fingerprint density at radius 1 is 2.00 bits per heavy atom. The second-order valence-corrected chi connectivity index (χ2v) is 4.34. The fourth-order valence-electron chi connectivity index (χ4n) is 0.0833. The zero-order chi connectivity index (χ0) is 4.99. The van der Waals surface area contributed by atoms with Crippen LogP contribution in [0, 0.1) is 0 Å². The maximum atomic E-state index is 10.0. The summed E-state index contributed by atoms with van der Waals surface area (Å²) >= 11 is 0.970. The molecule has 0 fully saturated rings. The molecule has 0 aliphatic rings. The van der Waals surface area contributed by atoms with Crippen LogP contribution in [0.1, 0.15) is 0 Å². The van der Waals surface area contributed by atoms with E-state index in [1.807, 2.05) is 0 Å². The van der Waals surface area contributed by atoms with Crippen LogP contribution in [0.15, 0.2) is 0 Å². The molecule has 0 spiro atoms. The van der Waals surface area contributed by atoms with Crippen LogP contribution in [0.4, 0.5) is 4.79 Å². The van der Waals surface area contributed by atoms with E-state index in [9.17, 15) is 4.79 Å². The predicted octanol–water partition coefficient (Wildman–Crippen LogP) is -0.460. The fourth-order valence-corrected chi connectivity index (χ4v) is 1.30. The molecule has 0 aromatic rings. The van der Waals surface area contributed by atoms with Crippen LogP contribution in [0.3, 0.4) is 0 Å². The molecule has 0 heterocycles. The van der Waals surface area contributed by atoms with Crippen molar-refractivity contribution >= 4 is 40.8 Å². The molecular weight excluding hydrogens is 158 g/mol. The van der Waals surface area contributed by atoms with Gasteiger partial charge in [0, 0.05) is 0 Å². The van der Waals surface area contributed by atoms with Crippen LogP contribution in [-0.2, 0) is 4.74 Å². The number of ether oxygens (including phenoxy) is 1. The first-order valence-corrected chi connectivity index (χ1v) is 8.24. The van der Waals surface area contributed by atoms with Gasteiger partial charge in [-0.25, -0.2) is 0 Å². The number of carbonyl (C=O) groups is 1. The van der Waals surface area contributed by atoms with Gasteiger partial charge in [0.1, 0.15) is 0 Å². The molecule has 0 saturated carbocycles. The van der Waals surface area contributed by atoms with Crippen molar-refractivity contribution < 1.29 is 9.53 Å². The van der Waals surface area contributed by atoms with Gasteiger partial charge in [0.25, 0.3) is 0 Å². The van der Waals surface area contributed by atoms with Gasteiger partial charge in [0.2, 0.25) is 0 Å². The third-order valence-electron chi connectivity index (χ3n) is 0.333. The van der Waals surface area contributed by atoms with Gasteiger partial charge in [-0.3, -0.25) is 0 Å². The van der Waals surface area contributed by atoms with Crippen LogP contribution in [-0.4, -0.2) is 47.9 Å². The molecule has 0 aliphatic carbocycles. The van der Waals surface area contributed by atoms with Crippen molar-refractivity contribution in [1.82, 2.24) is 0 Å². The van der Waals surface area contributed by atoms with Crippen LogP contribution < -0.4 is 0 Å². The zero-order valence-electron chi connectivity index (χ0n) is 3.72. The van der Waals surface area contributed by atoms with Gasteiger partial charge < -0.3 is 0 Å². The van der Waals surface area contributed by atoms with Gasteiger partial charge in [-0.1, -0.05) is 0 Å². The number of methoxy groups -OCH3 is 1. The van der Waals surface area contributed by atoms with Crippen LogP contribution >= 0.6 is 0 Å². The van der Waals surface area contributed by atoms with Crippen molar-refractivity contribution in [3.05, 3.63) is 0 Å². The van der Waals surface area contributed by atoms with E-state index in [4.69, 9.17) is 0 Å². The van der Waals surface area contributed by atoms with Gasteiger partial charge in [-0.2, -0.15) is 0 Å². The topological polar surface area (TPSA) is 26.3 Å². The van der Waals surface area contributed by atoms with E-state index in [1.165, 1.54) is 7.11 Å². The molecule has 30 valence electrons. The summed E-state index contributed by atoms with van der Waals surface area (Å²) in [6, 6.07) is 0. The second kappa shape index (κ2) is 4.16. The Labute approximate surface area is 57.0 Å². The first-order chi connectivity index (χ1) is 2.81. The van der Waals surface area contributed by atoms with Crippen LogP contribution in [0.25, 0.3) is 0 Å². The number of carbonyl (C=O) groups excluding carboxylic acids is 1. The summed E-state index contributed by atoms with van der Waals surface area (Å²) in [5.41, 5.74) is 0. The summed E-state index contributed by atoms with van der Waals surface area (Å²) in [5.74, 6) is 0. The zero-order valence-corrected chi connectivity index (χ0v) is 7.44. The molecule has 0 saturated heterocycles. The Balaban J connectivity index is 2.99. The third kappa shape index (κ3) is 3.19. The van der Waals surface area contributed by atoms with E-state index in [-0.39, 0.29) is 15.4 Å². The maximum absolute atomic E-state index is 10.0. The Morgan fingerprint density at radius 3 is 2.50 bits per heavy atom. The van der Waals surface area contributed by atoms with Gasteiger partial charge in [-0.15, -0.1) is 0 Å². The molecule has 0 N–H and O–H groups in total. The summed E-state index contributed by atoms with van der Waals surface area (Å²) in [4.78, 5) is 9.99. The average molecular weight is 161 g/mol.